The predicted octanol–water partition coefficient (Wildman–Crippen LogP) is 4.44. The maximum atomic E-state index is 12.8. The van der Waals surface area contributed by atoms with Crippen molar-refractivity contribution in [2.45, 2.75) is 45.6 Å². The fourth-order valence-corrected chi connectivity index (χ4v) is 4.75. The SMILES string of the molecule is Cc1cc2c(ccc(=O)n2CC2CC2)c(C2=CC=C3CC(=CC=NC2)CCO3)c1CC(=O)O. The minimum absolute atomic E-state index is 0.0147. The van der Waals surface area contributed by atoms with Crippen LogP contribution in [0.2, 0.25) is 0 Å². The number of nitrogens with zero attached hydrogens (tertiary/aromatic N) is 2. The van der Waals surface area contributed by atoms with E-state index in [4.69, 9.17) is 4.74 Å². The molecule has 6 nitrogen and oxygen atoms in total. The zero-order valence-corrected chi connectivity index (χ0v) is 18.8. The highest BCUT2D eigenvalue weighted by Gasteiger charge is 2.25. The molecule has 0 unspecified atom stereocenters. The van der Waals surface area contributed by atoms with E-state index in [0.717, 1.165) is 64.6 Å². The Bertz CT molecular complexity index is 1310. The van der Waals surface area contributed by atoms with Crippen LogP contribution in [-0.2, 0) is 22.5 Å². The average molecular weight is 445 g/mol. The third-order valence-electron chi connectivity index (χ3n) is 6.67. The average Bonchev–Trinajstić information content (AvgIpc) is 3.61. The van der Waals surface area contributed by atoms with E-state index in [1.165, 1.54) is 5.57 Å². The molecule has 1 saturated carbocycles. The number of ether oxygens (including phenoxy) is 1. The van der Waals surface area contributed by atoms with Gasteiger partial charge in [-0.1, -0.05) is 11.6 Å². The Morgan fingerprint density at radius 1 is 1.24 bits per heavy atom. The van der Waals surface area contributed by atoms with E-state index in [-0.39, 0.29) is 12.0 Å². The molecule has 0 spiro atoms. The molecule has 170 valence electrons. The number of fused-ring (bicyclic) bond motifs is 3. The van der Waals surface area contributed by atoms with Gasteiger partial charge in [-0.2, -0.15) is 0 Å². The number of pyridine rings is 1. The molecule has 2 aliphatic heterocycles. The van der Waals surface area contributed by atoms with Gasteiger partial charge in [-0.25, -0.2) is 0 Å². The number of hydrogen-bond acceptors (Lipinski definition) is 4. The number of aliphatic imine (C=N–C) groups is 1. The lowest BCUT2D eigenvalue weighted by atomic mass is 9.89. The number of rotatable bonds is 5. The molecule has 1 aromatic heterocycles. The van der Waals surface area contributed by atoms with E-state index < -0.39 is 5.97 Å². The van der Waals surface area contributed by atoms with E-state index in [0.29, 0.717) is 25.6 Å². The highest BCUT2D eigenvalue weighted by atomic mass is 16.5. The zero-order valence-electron chi connectivity index (χ0n) is 18.8. The van der Waals surface area contributed by atoms with Crippen molar-refractivity contribution < 1.29 is 14.6 Å². The Hall–Kier alpha value is -3.41. The van der Waals surface area contributed by atoms with Gasteiger partial charge in [-0.05, 0) is 72.2 Å². The van der Waals surface area contributed by atoms with Crippen molar-refractivity contribution in [1.29, 1.82) is 0 Å². The summed E-state index contributed by atoms with van der Waals surface area (Å²) in [6.07, 6.45) is 11.8. The van der Waals surface area contributed by atoms with E-state index >= 15 is 0 Å². The first-order chi connectivity index (χ1) is 16.0. The fraction of sp³-hybridized carbons (Fsp3) is 0.370. The van der Waals surface area contributed by atoms with Gasteiger partial charge in [0.25, 0.3) is 5.56 Å². The minimum Gasteiger partial charge on any atom is -0.497 e. The lowest BCUT2D eigenvalue weighted by Crippen LogP contribution is -2.21. The van der Waals surface area contributed by atoms with Gasteiger partial charge in [0.05, 0.1) is 30.8 Å². The van der Waals surface area contributed by atoms with Crippen molar-refractivity contribution in [3.8, 4) is 0 Å². The van der Waals surface area contributed by atoms with Gasteiger partial charge in [0.15, 0.2) is 0 Å². The Morgan fingerprint density at radius 2 is 2.09 bits per heavy atom. The summed E-state index contributed by atoms with van der Waals surface area (Å²) in [5.74, 6) is 0.570. The molecular weight excluding hydrogens is 416 g/mol. The number of benzene rings is 1. The number of aliphatic carboxylic acids is 1. The van der Waals surface area contributed by atoms with Crippen LogP contribution in [0.3, 0.4) is 0 Å². The van der Waals surface area contributed by atoms with Crippen LogP contribution >= 0.6 is 0 Å². The molecule has 0 atom stereocenters. The summed E-state index contributed by atoms with van der Waals surface area (Å²) in [5, 5.41) is 10.6. The lowest BCUT2D eigenvalue weighted by molar-refractivity contribution is -0.136. The highest BCUT2D eigenvalue weighted by molar-refractivity contribution is 5.96. The highest BCUT2D eigenvalue weighted by Crippen LogP contribution is 2.35. The first-order valence-electron chi connectivity index (χ1n) is 11.6. The summed E-state index contributed by atoms with van der Waals surface area (Å²) >= 11 is 0. The lowest BCUT2D eigenvalue weighted by Gasteiger charge is -2.21. The topological polar surface area (TPSA) is 80.9 Å². The van der Waals surface area contributed by atoms with E-state index in [1.54, 1.807) is 6.07 Å². The van der Waals surface area contributed by atoms with Crippen LogP contribution < -0.4 is 5.56 Å². The molecule has 6 heteroatoms. The number of carboxylic acids is 1. The number of aryl methyl sites for hydroxylation is 1. The normalized spacial score (nSPS) is 18.3. The van der Waals surface area contributed by atoms with Crippen LogP contribution in [0.15, 0.2) is 57.5 Å². The largest absolute Gasteiger partial charge is 0.497 e. The second-order valence-corrected chi connectivity index (χ2v) is 9.19. The Balaban J connectivity index is 1.73. The molecule has 1 aromatic carbocycles. The van der Waals surface area contributed by atoms with Crippen molar-refractivity contribution in [3.05, 3.63) is 74.8 Å². The number of carbonyl (C=O) groups is 1. The minimum atomic E-state index is -0.879. The molecular formula is C27H28N2O4. The standard InChI is InChI=1S/C27H28N2O4/c1-17-12-24-22(6-7-25(30)29(24)16-19-2-3-19)27(23(17)14-26(31)32)20-4-5-21-13-18(9-11-33-21)8-10-28-15-20/h4-8,10,12,19H,2-3,9,11,13-16H2,1H3,(H,31,32). The van der Waals surface area contributed by atoms with Crippen molar-refractivity contribution >= 4 is 28.7 Å². The molecule has 3 heterocycles. The summed E-state index contributed by atoms with van der Waals surface area (Å²) in [5.41, 5.74) is 5.58. The van der Waals surface area contributed by atoms with E-state index in [2.05, 4.69) is 11.1 Å². The quantitative estimate of drug-likeness (QED) is 0.740. The van der Waals surface area contributed by atoms with Crippen molar-refractivity contribution in [2.75, 3.05) is 13.2 Å². The summed E-state index contributed by atoms with van der Waals surface area (Å²) in [6, 6.07) is 5.42. The molecule has 1 aliphatic carbocycles. The zero-order chi connectivity index (χ0) is 22.9. The van der Waals surface area contributed by atoms with Crippen LogP contribution in [0.25, 0.3) is 16.5 Å². The number of carboxylic acid groups (broad SMARTS) is 1. The first kappa shape index (κ1) is 21.4. The fourth-order valence-electron chi connectivity index (χ4n) is 4.75. The molecule has 2 aromatic rings. The molecule has 2 fully saturated rings. The third-order valence-corrected chi connectivity index (χ3v) is 6.67. The smallest absolute Gasteiger partial charge is 0.307 e. The van der Waals surface area contributed by atoms with Gasteiger partial charge < -0.3 is 14.4 Å². The number of allylic oxidation sites excluding steroid dienone is 4. The summed E-state index contributed by atoms with van der Waals surface area (Å²) in [7, 11) is 0. The van der Waals surface area contributed by atoms with Crippen LogP contribution in [-0.4, -0.2) is 35.0 Å². The summed E-state index contributed by atoms with van der Waals surface area (Å²) < 4.78 is 7.71. The van der Waals surface area contributed by atoms with Crippen LogP contribution in [0.1, 0.15) is 42.4 Å². The molecule has 1 N–H and O–H groups in total. The number of aromatic nitrogens is 1. The Morgan fingerprint density at radius 3 is 2.88 bits per heavy atom. The van der Waals surface area contributed by atoms with Crippen molar-refractivity contribution in [2.24, 2.45) is 10.9 Å². The summed E-state index contributed by atoms with van der Waals surface area (Å²) in [4.78, 5) is 29.2. The monoisotopic (exact) mass is 444 g/mol. The van der Waals surface area contributed by atoms with Gasteiger partial charge in [0.2, 0.25) is 0 Å². The van der Waals surface area contributed by atoms with Gasteiger partial charge in [0.1, 0.15) is 0 Å². The third kappa shape index (κ3) is 4.56. The van der Waals surface area contributed by atoms with Gasteiger partial charge in [-0.15, -0.1) is 0 Å². The molecule has 2 bridgehead atoms. The van der Waals surface area contributed by atoms with Gasteiger partial charge in [-0.3, -0.25) is 14.6 Å². The van der Waals surface area contributed by atoms with Crippen LogP contribution in [0.5, 0.6) is 0 Å². The molecule has 0 radical (unpaired) electrons. The second-order valence-electron chi connectivity index (χ2n) is 9.19. The number of hydrogen-bond donors (Lipinski definition) is 1. The first-order valence-corrected chi connectivity index (χ1v) is 11.6. The predicted molar refractivity (Wildman–Crippen MR) is 130 cm³/mol. The summed E-state index contributed by atoms with van der Waals surface area (Å²) in [6.45, 7) is 3.71. The van der Waals surface area contributed by atoms with Crippen LogP contribution in [0.4, 0.5) is 0 Å². The van der Waals surface area contributed by atoms with Gasteiger partial charge in [0, 0.05) is 37.1 Å². The van der Waals surface area contributed by atoms with E-state index in [1.807, 2.05) is 42.0 Å². The molecule has 1 saturated heterocycles. The Kier molecular flexibility index (Phi) is 5.75. The van der Waals surface area contributed by atoms with E-state index in [9.17, 15) is 14.7 Å². The Labute approximate surface area is 192 Å². The molecule has 5 rings (SSSR count). The maximum Gasteiger partial charge on any atom is 0.307 e. The van der Waals surface area contributed by atoms with Crippen molar-refractivity contribution in [3.63, 3.8) is 0 Å². The van der Waals surface area contributed by atoms with Gasteiger partial charge >= 0.3 is 5.97 Å². The second kappa shape index (κ2) is 8.85. The maximum absolute atomic E-state index is 12.8. The van der Waals surface area contributed by atoms with Crippen molar-refractivity contribution in [1.82, 2.24) is 4.57 Å². The molecule has 0 amide bonds. The molecule has 33 heavy (non-hydrogen) atoms. The van der Waals surface area contributed by atoms with Crippen LogP contribution in [0, 0.1) is 12.8 Å². The molecule has 3 aliphatic rings.